The van der Waals surface area contributed by atoms with Gasteiger partial charge >= 0.3 is 6.01 Å². The van der Waals surface area contributed by atoms with Crippen LogP contribution >= 0.6 is 0 Å². The lowest BCUT2D eigenvalue weighted by Crippen LogP contribution is -2.19. The van der Waals surface area contributed by atoms with Crippen LogP contribution in [0.2, 0.25) is 0 Å². The number of anilines is 2. The van der Waals surface area contributed by atoms with Crippen molar-refractivity contribution in [3.63, 3.8) is 0 Å². The predicted octanol–water partition coefficient (Wildman–Crippen LogP) is -0.0940. The van der Waals surface area contributed by atoms with Crippen molar-refractivity contribution in [3.05, 3.63) is 0 Å². The van der Waals surface area contributed by atoms with E-state index in [1.807, 2.05) is 34.3 Å². The summed E-state index contributed by atoms with van der Waals surface area (Å²) < 4.78 is 5.06. The fraction of sp³-hybridized carbons (Fsp3) is 0.556. The summed E-state index contributed by atoms with van der Waals surface area (Å²) >= 11 is 0. The Balaban J connectivity index is 3.04. The molecule has 0 radical (unpaired) electrons. The molecule has 7 heteroatoms. The van der Waals surface area contributed by atoms with E-state index in [0.717, 1.165) is 0 Å². The minimum atomic E-state index is -0.0796. The SMILES string of the molecule is CN(C)c1nc(OCC#N)nc(N(C)C)n1. The highest BCUT2D eigenvalue weighted by molar-refractivity contribution is 5.37. The van der Waals surface area contributed by atoms with Gasteiger partial charge in [-0.2, -0.15) is 20.2 Å². The molecule has 0 bridgehead atoms. The van der Waals surface area contributed by atoms with Gasteiger partial charge in [0.15, 0.2) is 6.61 Å². The molecule has 0 aliphatic heterocycles. The van der Waals surface area contributed by atoms with Gasteiger partial charge in [-0.15, -0.1) is 0 Å². The van der Waals surface area contributed by atoms with Crippen molar-refractivity contribution >= 4 is 11.9 Å². The molecule has 0 spiro atoms. The van der Waals surface area contributed by atoms with Gasteiger partial charge < -0.3 is 14.5 Å². The quantitative estimate of drug-likeness (QED) is 0.704. The normalized spacial score (nSPS) is 9.44. The first kappa shape index (κ1) is 12.0. The molecule has 0 unspecified atom stereocenters. The van der Waals surface area contributed by atoms with Crippen LogP contribution in [0.4, 0.5) is 11.9 Å². The van der Waals surface area contributed by atoms with Gasteiger partial charge in [0, 0.05) is 28.2 Å². The molecule has 0 aliphatic carbocycles. The van der Waals surface area contributed by atoms with Crippen molar-refractivity contribution in [2.75, 3.05) is 44.6 Å². The maximum absolute atomic E-state index is 8.42. The van der Waals surface area contributed by atoms with E-state index in [-0.39, 0.29) is 12.6 Å². The van der Waals surface area contributed by atoms with Crippen LogP contribution in [-0.2, 0) is 0 Å². The van der Waals surface area contributed by atoms with Crippen molar-refractivity contribution in [1.82, 2.24) is 15.0 Å². The Morgan fingerprint density at radius 3 is 1.94 bits per heavy atom. The number of rotatable bonds is 4. The molecular weight excluding hydrogens is 208 g/mol. The number of nitriles is 1. The standard InChI is InChI=1S/C9H14N6O/c1-14(2)7-11-8(15(3)4)13-9(12-7)16-6-5-10/h6H2,1-4H3. The smallest absolute Gasteiger partial charge is 0.324 e. The second-order valence-corrected chi connectivity index (χ2v) is 3.45. The summed E-state index contributed by atoms with van der Waals surface area (Å²) in [6, 6.07) is 2.02. The monoisotopic (exact) mass is 222 g/mol. The summed E-state index contributed by atoms with van der Waals surface area (Å²) in [4.78, 5) is 15.8. The predicted molar refractivity (Wildman–Crippen MR) is 59.6 cm³/mol. The topological polar surface area (TPSA) is 78.2 Å². The van der Waals surface area contributed by atoms with E-state index in [2.05, 4.69) is 15.0 Å². The number of aromatic nitrogens is 3. The van der Waals surface area contributed by atoms with Gasteiger partial charge in [-0.1, -0.05) is 0 Å². The summed E-state index contributed by atoms with van der Waals surface area (Å²) in [5, 5.41) is 8.42. The highest BCUT2D eigenvalue weighted by Gasteiger charge is 2.10. The molecule has 86 valence electrons. The van der Waals surface area contributed by atoms with Gasteiger partial charge in [-0.3, -0.25) is 0 Å². The van der Waals surface area contributed by atoms with E-state index >= 15 is 0 Å². The largest absolute Gasteiger partial charge is 0.448 e. The van der Waals surface area contributed by atoms with Crippen LogP contribution in [0, 0.1) is 11.3 Å². The van der Waals surface area contributed by atoms with Crippen molar-refractivity contribution in [3.8, 4) is 12.1 Å². The van der Waals surface area contributed by atoms with Crippen molar-refractivity contribution < 1.29 is 4.74 Å². The minimum absolute atomic E-state index is 0.0796. The van der Waals surface area contributed by atoms with Gasteiger partial charge in [-0.25, -0.2) is 0 Å². The van der Waals surface area contributed by atoms with Crippen molar-refractivity contribution in [1.29, 1.82) is 5.26 Å². The molecule has 1 aromatic rings. The lowest BCUT2D eigenvalue weighted by molar-refractivity contribution is 0.337. The van der Waals surface area contributed by atoms with Crippen molar-refractivity contribution in [2.24, 2.45) is 0 Å². The van der Waals surface area contributed by atoms with Crippen LogP contribution in [0.1, 0.15) is 0 Å². The molecule has 1 heterocycles. The molecule has 0 aliphatic rings. The lowest BCUT2D eigenvalue weighted by Gasteiger charge is -2.15. The molecular formula is C9H14N6O. The first-order valence-electron chi connectivity index (χ1n) is 4.65. The summed E-state index contributed by atoms with van der Waals surface area (Å²) in [5.41, 5.74) is 0. The van der Waals surface area contributed by atoms with E-state index in [4.69, 9.17) is 10.00 Å². The maximum Gasteiger partial charge on any atom is 0.324 e. The van der Waals surface area contributed by atoms with E-state index in [0.29, 0.717) is 11.9 Å². The fourth-order valence-electron chi connectivity index (χ4n) is 0.897. The Hall–Kier alpha value is -2.10. The third kappa shape index (κ3) is 2.95. The van der Waals surface area contributed by atoms with E-state index in [9.17, 15) is 0 Å². The molecule has 0 amide bonds. The fourth-order valence-corrected chi connectivity index (χ4v) is 0.897. The Morgan fingerprint density at radius 1 is 1.06 bits per heavy atom. The first-order valence-corrected chi connectivity index (χ1v) is 4.65. The molecule has 0 fully saturated rings. The van der Waals surface area contributed by atoms with Gasteiger partial charge in [0.05, 0.1) is 0 Å². The first-order chi connectivity index (χ1) is 7.54. The summed E-state index contributed by atoms with van der Waals surface area (Å²) in [6.45, 7) is -0.0796. The second-order valence-electron chi connectivity index (χ2n) is 3.45. The summed E-state index contributed by atoms with van der Waals surface area (Å²) in [7, 11) is 7.29. The van der Waals surface area contributed by atoms with E-state index in [1.54, 1.807) is 9.80 Å². The Morgan fingerprint density at radius 2 is 1.56 bits per heavy atom. The molecule has 16 heavy (non-hydrogen) atoms. The van der Waals surface area contributed by atoms with Gasteiger partial charge in [0.1, 0.15) is 6.07 Å². The maximum atomic E-state index is 8.42. The number of hydrogen-bond acceptors (Lipinski definition) is 7. The molecule has 0 atom stereocenters. The lowest BCUT2D eigenvalue weighted by atomic mass is 10.7. The van der Waals surface area contributed by atoms with E-state index in [1.165, 1.54) is 0 Å². The van der Waals surface area contributed by atoms with Crippen LogP contribution < -0.4 is 14.5 Å². The van der Waals surface area contributed by atoms with Crippen LogP contribution in [0.5, 0.6) is 6.01 Å². The van der Waals surface area contributed by atoms with Gasteiger partial charge in [0.2, 0.25) is 11.9 Å². The average molecular weight is 222 g/mol. The molecule has 0 saturated heterocycles. The van der Waals surface area contributed by atoms with Crippen LogP contribution in [0.15, 0.2) is 0 Å². The highest BCUT2D eigenvalue weighted by atomic mass is 16.5. The molecule has 1 rings (SSSR count). The van der Waals surface area contributed by atoms with Crippen molar-refractivity contribution in [2.45, 2.75) is 0 Å². The highest BCUT2D eigenvalue weighted by Crippen LogP contribution is 2.14. The zero-order valence-electron chi connectivity index (χ0n) is 9.80. The van der Waals surface area contributed by atoms with Crippen LogP contribution in [-0.4, -0.2) is 49.7 Å². The number of ether oxygens (including phenoxy) is 1. The van der Waals surface area contributed by atoms with Gasteiger partial charge in [-0.05, 0) is 0 Å². The molecule has 0 N–H and O–H groups in total. The average Bonchev–Trinajstić information content (AvgIpc) is 2.25. The molecule has 7 nitrogen and oxygen atoms in total. The van der Waals surface area contributed by atoms with Crippen LogP contribution in [0.3, 0.4) is 0 Å². The Labute approximate surface area is 94.3 Å². The second kappa shape index (κ2) is 5.11. The molecule has 0 aromatic carbocycles. The summed E-state index contributed by atoms with van der Waals surface area (Å²) in [6.07, 6.45) is 0. The number of nitrogens with zero attached hydrogens (tertiary/aromatic N) is 6. The molecule has 1 aromatic heterocycles. The zero-order valence-corrected chi connectivity index (χ0v) is 9.80. The third-order valence-corrected chi connectivity index (χ3v) is 1.66. The van der Waals surface area contributed by atoms with E-state index < -0.39 is 0 Å². The minimum Gasteiger partial charge on any atom is -0.448 e. The number of hydrogen-bond donors (Lipinski definition) is 0. The Kier molecular flexibility index (Phi) is 3.83. The Bertz CT molecular complexity index is 371. The van der Waals surface area contributed by atoms with Crippen LogP contribution in [0.25, 0.3) is 0 Å². The van der Waals surface area contributed by atoms with Gasteiger partial charge in [0.25, 0.3) is 0 Å². The third-order valence-electron chi connectivity index (χ3n) is 1.66. The summed E-state index contributed by atoms with van der Waals surface area (Å²) in [5.74, 6) is 0.985. The zero-order chi connectivity index (χ0) is 12.1. The molecule has 0 saturated carbocycles.